The predicted molar refractivity (Wildman–Crippen MR) is 258 cm³/mol. The van der Waals surface area contributed by atoms with Crippen molar-refractivity contribution < 1.29 is 28.7 Å². The Morgan fingerprint density at radius 3 is 1.19 bits per heavy atom. The van der Waals surface area contributed by atoms with Crippen LogP contribution in [0.25, 0.3) is 22.3 Å². The minimum Gasteiger partial charge on any atom is -0.446 e. The number of benzene rings is 5. The number of hydrogen-bond acceptors (Lipinski definition) is 8. The summed E-state index contributed by atoms with van der Waals surface area (Å²) in [6, 6.07) is 42.1. The van der Waals surface area contributed by atoms with Crippen molar-refractivity contribution in [3.05, 3.63) is 145 Å². The average Bonchev–Trinajstić information content (AvgIpc) is 3.31. The Labute approximate surface area is 388 Å². The monoisotopic (exact) mass is 908 g/mol. The number of hydrogen-bond donors (Lipinski definition) is 2. The molecular formula is C50H58Cl2N6O6. The highest BCUT2D eigenvalue weighted by Gasteiger charge is 2.25. The fourth-order valence-electron chi connectivity index (χ4n) is 7.99. The molecule has 2 fully saturated rings. The lowest BCUT2D eigenvalue weighted by Gasteiger charge is -2.32. The number of nitrogens with zero attached hydrogens (tertiary/aromatic N) is 4. The second-order valence-electron chi connectivity index (χ2n) is 16.0. The molecular weight excluding hydrogens is 851 g/mol. The molecule has 2 heterocycles. The van der Waals surface area contributed by atoms with Crippen molar-refractivity contribution in [3.8, 4) is 22.3 Å². The summed E-state index contributed by atoms with van der Waals surface area (Å²) in [5.41, 5.74) is 6.38. The van der Waals surface area contributed by atoms with Crippen LogP contribution in [0.2, 0.25) is 0 Å². The molecule has 12 nitrogen and oxygen atoms in total. The average molecular weight is 910 g/mol. The van der Waals surface area contributed by atoms with Crippen molar-refractivity contribution in [2.45, 2.75) is 37.9 Å². The topological polar surface area (TPSA) is 124 Å². The number of anilines is 2. The lowest BCUT2D eigenvalue weighted by Crippen LogP contribution is -2.42. The van der Waals surface area contributed by atoms with E-state index in [4.69, 9.17) is 9.47 Å². The van der Waals surface area contributed by atoms with Crippen LogP contribution in [-0.2, 0) is 9.47 Å². The molecule has 0 radical (unpaired) electrons. The molecule has 5 aromatic carbocycles. The lowest BCUT2D eigenvalue weighted by molar-refractivity contribution is 0.0538. The first-order valence-corrected chi connectivity index (χ1v) is 21.5. The van der Waals surface area contributed by atoms with Gasteiger partial charge < -0.3 is 29.1 Å². The van der Waals surface area contributed by atoms with Gasteiger partial charge in [-0.15, -0.1) is 24.8 Å². The van der Waals surface area contributed by atoms with E-state index in [0.29, 0.717) is 48.7 Å². The molecule has 2 aliphatic heterocycles. The second kappa shape index (κ2) is 24.2. The van der Waals surface area contributed by atoms with Gasteiger partial charge in [0.05, 0.1) is 11.4 Å². The fourth-order valence-corrected chi connectivity index (χ4v) is 7.99. The number of nitrogens with one attached hydrogen (secondary N) is 2. The van der Waals surface area contributed by atoms with Gasteiger partial charge in [0.2, 0.25) is 0 Å². The molecule has 0 aliphatic carbocycles. The van der Waals surface area contributed by atoms with E-state index in [1.54, 1.807) is 48.2 Å². The lowest BCUT2D eigenvalue weighted by atomic mass is 10.0. The maximum atomic E-state index is 13.3. The zero-order chi connectivity index (χ0) is 43.3. The van der Waals surface area contributed by atoms with Crippen LogP contribution < -0.4 is 10.6 Å². The van der Waals surface area contributed by atoms with Gasteiger partial charge in [0.1, 0.15) is 12.2 Å². The normalized spacial score (nSPS) is 14.5. The number of carbonyl (C=O) groups excluding carboxylic acids is 4. The van der Waals surface area contributed by atoms with Crippen LogP contribution in [-0.4, -0.2) is 122 Å². The molecule has 64 heavy (non-hydrogen) atoms. The minimum absolute atomic E-state index is 0. The quantitative estimate of drug-likeness (QED) is 0.113. The molecule has 2 saturated heterocycles. The molecule has 14 heteroatoms. The Hall–Kier alpha value is -5.92. The van der Waals surface area contributed by atoms with Crippen LogP contribution in [0.1, 0.15) is 46.4 Å². The molecule has 0 saturated carbocycles. The molecule has 0 spiro atoms. The summed E-state index contributed by atoms with van der Waals surface area (Å²) in [7, 11) is 3.58. The Morgan fingerprint density at radius 2 is 0.828 bits per heavy atom. The Balaban J connectivity index is 0.00000385. The summed E-state index contributed by atoms with van der Waals surface area (Å²) < 4.78 is 11.6. The number of ether oxygens (including phenoxy) is 2. The number of para-hydroxylation sites is 2. The third-order valence-electron chi connectivity index (χ3n) is 11.7. The highest BCUT2D eigenvalue weighted by Crippen LogP contribution is 2.29. The largest absolute Gasteiger partial charge is 0.446 e. The van der Waals surface area contributed by atoms with Gasteiger partial charge in [0.15, 0.2) is 0 Å². The van der Waals surface area contributed by atoms with Crippen molar-refractivity contribution in [2.24, 2.45) is 0 Å². The number of amides is 4. The van der Waals surface area contributed by atoms with Crippen LogP contribution in [0.15, 0.2) is 133 Å². The Kier molecular flexibility index (Phi) is 18.6. The van der Waals surface area contributed by atoms with E-state index in [-0.39, 0.29) is 48.8 Å². The van der Waals surface area contributed by atoms with Crippen molar-refractivity contribution in [3.63, 3.8) is 0 Å². The number of rotatable bonds is 14. The van der Waals surface area contributed by atoms with Crippen LogP contribution in [0.3, 0.4) is 0 Å². The van der Waals surface area contributed by atoms with E-state index in [1.807, 2.05) is 109 Å². The first kappa shape index (κ1) is 49.1. The molecule has 4 amide bonds. The molecule has 0 atom stereocenters. The SMILES string of the molecule is CN(CCN1CCC(OC(=O)Nc2ccccc2-c2ccccc2)CC1)C(=O)c1ccc(C(=O)N(C)CCN2CCC(OC(=O)Nc3ccccc3-c3ccccc3)CC2)cc1.Cl.Cl. The predicted octanol–water partition coefficient (Wildman–Crippen LogP) is 9.43. The minimum atomic E-state index is -0.457. The molecule has 0 unspecified atom stereocenters. The number of likely N-dealkylation sites (N-methyl/N-ethyl adjacent to an activating group) is 2. The zero-order valence-electron chi connectivity index (χ0n) is 36.4. The molecule has 0 aromatic heterocycles. The summed E-state index contributed by atoms with van der Waals surface area (Å²) in [5, 5.41) is 5.86. The van der Waals surface area contributed by atoms with Crippen molar-refractivity contribution in [1.82, 2.24) is 19.6 Å². The van der Waals surface area contributed by atoms with Gasteiger partial charge in [-0.2, -0.15) is 0 Å². The molecule has 2 N–H and O–H groups in total. The van der Waals surface area contributed by atoms with E-state index < -0.39 is 12.2 Å². The molecule has 7 rings (SSSR count). The molecule has 338 valence electrons. The number of piperidine rings is 2. The number of carbonyl (C=O) groups is 4. The summed E-state index contributed by atoms with van der Waals surface area (Å²) in [5.74, 6) is -0.213. The highest BCUT2D eigenvalue weighted by molar-refractivity contribution is 5.98. The highest BCUT2D eigenvalue weighted by atomic mass is 35.5. The summed E-state index contributed by atoms with van der Waals surface area (Å²) in [6.45, 7) is 5.57. The van der Waals surface area contributed by atoms with Crippen LogP contribution in [0.5, 0.6) is 0 Å². The molecule has 0 bridgehead atoms. The van der Waals surface area contributed by atoms with E-state index in [2.05, 4.69) is 20.4 Å². The fraction of sp³-hybridized carbons (Fsp3) is 0.320. The van der Waals surface area contributed by atoms with Crippen molar-refractivity contribution >= 4 is 60.2 Å². The van der Waals surface area contributed by atoms with Crippen molar-refractivity contribution in [2.75, 3.05) is 77.1 Å². The molecule has 2 aliphatic rings. The summed E-state index contributed by atoms with van der Waals surface area (Å²) in [6.07, 6.45) is 1.60. The van der Waals surface area contributed by atoms with Gasteiger partial charge in [-0.05, 0) is 73.2 Å². The van der Waals surface area contributed by atoms with E-state index >= 15 is 0 Å². The van der Waals surface area contributed by atoms with E-state index in [0.717, 1.165) is 74.1 Å². The van der Waals surface area contributed by atoms with E-state index in [9.17, 15) is 19.2 Å². The third kappa shape index (κ3) is 13.5. The van der Waals surface area contributed by atoms with Gasteiger partial charge in [-0.25, -0.2) is 9.59 Å². The van der Waals surface area contributed by atoms with Crippen LogP contribution in [0, 0.1) is 0 Å². The summed E-state index contributed by atoms with van der Waals surface area (Å²) in [4.78, 5) is 60.2. The van der Waals surface area contributed by atoms with E-state index in [1.165, 1.54) is 0 Å². The van der Waals surface area contributed by atoms with Crippen LogP contribution >= 0.6 is 24.8 Å². The number of halogens is 2. The summed E-state index contributed by atoms with van der Waals surface area (Å²) >= 11 is 0. The maximum absolute atomic E-state index is 13.3. The van der Waals surface area contributed by atoms with Gasteiger partial charge >= 0.3 is 12.2 Å². The molecule has 5 aromatic rings. The maximum Gasteiger partial charge on any atom is 0.411 e. The first-order valence-electron chi connectivity index (χ1n) is 21.5. The zero-order valence-corrected chi connectivity index (χ0v) is 38.0. The van der Waals surface area contributed by atoms with Crippen LogP contribution in [0.4, 0.5) is 21.0 Å². The smallest absolute Gasteiger partial charge is 0.411 e. The van der Waals surface area contributed by atoms with Gasteiger partial charge in [-0.1, -0.05) is 97.1 Å². The number of likely N-dealkylation sites (tertiary alicyclic amines) is 2. The standard InChI is InChI=1S/C50H56N6O6.2ClH/c1-53(33-35-55-29-25-41(26-30-55)61-49(59)51-45-19-11-9-17-43(45)37-13-5-3-6-14-37)47(57)39-21-23-40(24-22-39)48(58)54(2)34-36-56-31-27-42(28-32-56)62-50(60)52-46-20-12-10-18-44(46)38-15-7-4-8-16-38;;/h3-24,41-42H,25-36H2,1-2H3,(H,51,59)(H,52,60);2*1H. The van der Waals surface area contributed by atoms with Gasteiger partial charge in [-0.3, -0.25) is 20.2 Å². The second-order valence-corrected chi connectivity index (χ2v) is 16.0. The van der Waals surface area contributed by atoms with Crippen molar-refractivity contribution in [1.29, 1.82) is 0 Å². The first-order chi connectivity index (χ1) is 30.2. The van der Waals surface area contributed by atoms with Gasteiger partial charge in [0, 0.05) is 88.7 Å². The third-order valence-corrected chi connectivity index (χ3v) is 11.7. The van der Waals surface area contributed by atoms with Gasteiger partial charge in [0.25, 0.3) is 11.8 Å². The Bertz CT molecular complexity index is 2110. The Morgan fingerprint density at radius 1 is 0.500 bits per heavy atom.